The van der Waals surface area contributed by atoms with Crippen molar-refractivity contribution < 1.29 is 27.0 Å². The van der Waals surface area contributed by atoms with Crippen LogP contribution in [0.3, 0.4) is 0 Å². The predicted octanol–water partition coefficient (Wildman–Crippen LogP) is 4.89. The van der Waals surface area contributed by atoms with Gasteiger partial charge in [-0.25, -0.2) is 4.39 Å². The molecule has 0 saturated heterocycles. The molecule has 0 heterocycles. The number of rotatable bonds is 8. The van der Waals surface area contributed by atoms with Gasteiger partial charge in [0.05, 0.1) is 19.3 Å². The van der Waals surface area contributed by atoms with Gasteiger partial charge in [0.25, 0.3) is 0 Å². The van der Waals surface area contributed by atoms with Crippen LogP contribution in [-0.4, -0.2) is 31.8 Å². The third-order valence-electron chi connectivity index (χ3n) is 4.22. The third-order valence-corrected chi connectivity index (χ3v) is 4.22. The van der Waals surface area contributed by atoms with Crippen LogP contribution < -0.4 is 4.74 Å². The van der Waals surface area contributed by atoms with E-state index in [0.29, 0.717) is 25.0 Å². The molecule has 2 rings (SSSR count). The second-order valence-corrected chi connectivity index (χ2v) is 6.41. The quantitative estimate of drug-likeness (QED) is 0.604. The minimum absolute atomic E-state index is 0.0844. The molecule has 7 heteroatoms. The zero-order chi connectivity index (χ0) is 20.0. The molecule has 0 aromatic heterocycles. The van der Waals surface area contributed by atoms with Gasteiger partial charge in [0.15, 0.2) is 0 Å². The lowest BCUT2D eigenvalue weighted by atomic mass is 10.1. The molecule has 0 saturated carbocycles. The average Bonchev–Trinajstić information content (AvgIpc) is 2.60. The fourth-order valence-electron chi connectivity index (χ4n) is 2.86. The first-order valence-electron chi connectivity index (χ1n) is 8.45. The Morgan fingerprint density at radius 3 is 2.33 bits per heavy atom. The normalized spacial score (nSPS) is 13.0. The lowest BCUT2D eigenvalue weighted by Gasteiger charge is -2.29. The Hall–Kier alpha value is -2.12. The summed E-state index contributed by atoms with van der Waals surface area (Å²) in [6, 6.07) is 9.97. The zero-order valence-electron chi connectivity index (χ0n) is 15.5. The molecule has 0 aliphatic heterocycles. The summed E-state index contributed by atoms with van der Waals surface area (Å²) < 4.78 is 63.1. The zero-order valence-corrected chi connectivity index (χ0v) is 15.5. The average molecular weight is 385 g/mol. The third kappa shape index (κ3) is 6.22. The number of hydrogen-bond acceptors (Lipinski definition) is 3. The van der Waals surface area contributed by atoms with E-state index in [2.05, 4.69) is 0 Å². The van der Waals surface area contributed by atoms with Gasteiger partial charge in [-0.2, -0.15) is 13.2 Å². The largest absolute Gasteiger partial charge is 0.497 e. The van der Waals surface area contributed by atoms with Crippen molar-refractivity contribution in [3.05, 3.63) is 65.0 Å². The summed E-state index contributed by atoms with van der Waals surface area (Å²) in [5.41, 5.74) is 0.205. The smallest absolute Gasteiger partial charge is 0.416 e. The van der Waals surface area contributed by atoms with E-state index in [4.69, 9.17) is 9.47 Å². The van der Waals surface area contributed by atoms with E-state index in [1.165, 1.54) is 0 Å². The molecular formula is C20H23F4NO2. The number of benzene rings is 2. The fraction of sp³-hybridized carbons (Fsp3) is 0.400. The first kappa shape index (κ1) is 21.2. The molecule has 1 unspecified atom stereocenters. The van der Waals surface area contributed by atoms with Gasteiger partial charge < -0.3 is 9.47 Å². The number of ether oxygens (including phenoxy) is 2. The van der Waals surface area contributed by atoms with Crippen molar-refractivity contribution in [1.82, 2.24) is 4.90 Å². The minimum Gasteiger partial charge on any atom is -0.497 e. The Balaban J connectivity index is 2.28. The highest BCUT2D eigenvalue weighted by atomic mass is 19.4. The van der Waals surface area contributed by atoms with Crippen molar-refractivity contribution in [2.45, 2.75) is 32.2 Å². The Bertz CT molecular complexity index is 749. The predicted molar refractivity (Wildman–Crippen MR) is 95.0 cm³/mol. The number of alkyl halides is 3. The highest BCUT2D eigenvalue weighted by molar-refractivity contribution is 5.29. The van der Waals surface area contributed by atoms with E-state index < -0.39 is 17.6 Å². The highest BCUT2D eigenvalue weighted by Gasteiger charge is 2.31. The maximum absolute atomic E-state index is 13.7. The van der Waals surface area contributed by atoms with Gasteiger partial charge in [-0.3, -0.25) is 4.90 Å². The van der Waals surface area contributed by atoms with Crippen LogP contribution >= 0.6 is 0 Å². The summed E-state index contributed by atoms with van der Waals surface area (Å²) in [6.07, 6.45) is -4.59. The first-order chi connectivity index (χ1) is 12.7. The molecule has 0 aliphatic rings. The van der Waals surface area contributed by atoms with Crippen molar-refractivity contribution in [2.75, 3.05) is 20.8 Å². The summed E-state index contributed by atoms with van der Waals surface area (Å²) in [5.74, 6) is -0.211. The topological polar surface area (TPSA) is 21.7 Å². The second kappa shape index (κ2) is 9.19. The van der Waals surface area contributed by atoms with Crippen LogP contribution in [0.2, 0.25) is 0 Å². The minimum atomic E-state index is -4.59. The monoisotopic (exact) mass is 385 g/mol. The van der Waals surface area contributed by atoms with E-state index in [1.807, 2.05) is 36.1 Å². The van der Waals surface area contributed by atoms with Crippen LogP contribution in [0.25, 0.3) is 0 Å². The molecule has 2 aromatic carbocycles. The van der Waals surface area contributed by atoms with Crippen LogP contribution in [-0.2, 0) is 24.0 Å². The van der Waals surface area contributed by atoms with Gasteiger partial charge in [-0.1, -0.05) is 12.1 Å². The lowest BCUT2D eigenvalue weighted by Crippen LogP contribution is -2.35. The molecule has 0 radical (unpaired) electrons. The summed E-state index contributed by atoms with van der Waals surface area (Å²) in [6.45, 7) is 2.92. The van der Waals surface area contributed by atoms with E-state index >= 15 is 0 Å². The van der Waals surface area contributed by atoms with E-state index in [9.17, 15) is 17.6 Å². The molecular weight excluding hydrogens is 362 g/mol. The number of nitrogens with zero attached hydrogens (tertiary/aromatic N) is 1. The maximum Gasteiger partial charge on any atom is 0.416 e. The highest BCUT2D eigenvalue weighted by Crippen LogP contribution is 2.31. The second-order valence-electron chi connectivity index (χ2n) is 6.41. The molecule has 3 nitrogen and oxygen atoms in total. The van der Waals surface area contributed by atoms with E-state index in [0.717, 1.165) is 17.7 Å². The van der Waals surface area contributed by atoms with E-state index in [-0.39, 0.29) is 18.2 Å². The molecule has 1 atom stereocenters. The number of halogens is 4. The van der Waals surface area contributed by atoms with Crippen LogP contribution in [0.15, 0.2) is 42.5 Å². The summed E-state index contributed by atoms with van der Waals surface area (Å²) >= 11 is 0. The molecule has 0 N–H and O–H groups in total. The van der Waals surface area contributed by atoms with Gasteiger partial charge in [-0.15, -0.1) is 0 Å². The molecule has 0 aliphatic carbocycles. The van der Waals surface area contributed by atoms with Crippen molar-refractivity contribution in [3.63, 3.8) is 0 Å². The Labute approximate surface area is 156 Å². The molecule has 0 bridgehead atoms. The van der Waals surface area contributed by atoms with Gasteiger partial charge in [-0.05, 0) is 48.4 Å². The lowest BCUT2D eigenvalue weighted by molar-refractivity contribution is -0.137. The van der Waals surface area contributed by atoms with Crippen LogP contribution in [0, 0.1) is 5.82 Å². The maximum atomic E-state index is 13.7. The number of hydrogen-bond donors (Lipinski definition) is 0. The Kier molecular flexibility index (Phi) is 7.21. The van der Waals surface area contributed by atoms with Gasteiger partial charge in [0, 0.05) is 26.2 Å². The molecule has 0 amide bonds. The molecule has 2 aromatic rings. The molecule has 0 spiro atoms. The van der Waals surface area contributed by atoms with Gasteiger partial charge in [0.1, 0.15) is 11.6 Å². The summed E-state index contributed by atoms with van der Waals surface area (Å²) in [4.78, 5) is 1.94. The standard InChI is InChI=1S/C20H23F4NO2/c1-14(13-26-2)25(11-15-5-4-6-19(9-15)27-3)12-16-7-17(20(22,23)24)10-18(21)8-16/h4-10,14H,11-13H2,1-3H3. The van der Waals surface area contributed by atoms with E-state index in [1.54, 1.807) is 14.2 Å². The summed E-state index contributed by atoms with van der Waals surface area (Å²) in [7, 11) is 3.13. The van der Waals surface area contributed by atoms with Gasteiger partial charge >= 0.3 is 6.18 Å². The Morgan fingerprint density at radius 2 is 1.70 bits per heavy atom. The van der Waals surface area contributed by atoms with Crippen molar-refractivity contribution in [3.8, 4) is 5.75 Å². The first-order valence-corrected chi connectivity index (χ1v) is 8.45. The van der Waals surface area contributed by atoms with Gasteiger partial charge in [0.2, 0.25) is 0 Å². The van der Waals surface area contributed by atoms with Crippen LogP contribution in [0.5, 0.6) is 5.75 Å². The molecule has 0 fully saturated rings. The van der Waals surface area contributed by atoms with Crippen LogP contribution in [0.4, 0.5) is 17.6 Å². The SMILES string of the molecule is COCC(C)N(Cc1cccc(OC)c1)Cc1cc(F)cc(C(F)(F)F)c1. The molecule has 148 valence electrons. The molecule has 27 heavy (non-hydrogen) atoms. The Morgan fingerprint density at radius 1 is 1.00 bits per heavy atom. The summed E-state index contributed by atoms with van der Waals surface area (Å²) in [5, 5.41) is 0. The van der Waals surface area contributed by atoms with Crippen LogP contribution in [0.1, 0.15) is 23.6 Å². The van der Waals surface area contributed by atoms with Crippen molar-refractivity contribution in [1.29, 1.82) is 0 Å². The van der Waals surface area contributed by atoms with Crippen molar-refractivity contribution >= 4 is 0 Å². The fourth-order valence-corrected chi connectivity index (χ4v) is 2.86. The number of methoxy groups -OCH3 is 2. The van der Waals surface area contributed by atoms with Crippen molar-refractivity contribution in [2.24, 2.45) is 0 Å².